The van der Waals surface area contributed by atoms with Gasteiger partial charge in [-0.05, 0) is 36.8 Å². The van der Waals surface area contributed by atoms with Crippen molar-refractivity contribution >= 4 is 40.4 Å². The molecule has 0 unspecified atom stereocenters. The quantitative estimate of drug-likeness (QED) is 0.723. The Bertz CT molecular complexity index is 955. The van der Waals surface area contributed by atoms with Gasteiger partial charge in [0.05, 0.1) is 10.6 Å². The minimum atomic E-state index is -0.544. The van der Waals surface area contributed by atoms with Crippen molar-refractivity contribution in [2.24, 2.45) is 5.73 Å². The van der Waals surface area contributed by atoms with Crippen molar-refractivity contribution in [2.75, 3.05) is 5.32 Å². The molecule has 0 aliphatic rings. The van der Waals surface area contributed by atoms with E-state index in [0.29, 0.717) is 38.0 Å². The average molecular weight is 372 g/mol. The van der Waals surface area contributed by atoms with E-state index in [0.717, 1.165) is 0 Å². The van der Waals surface area contributed by atoms with Crippen LogP contribution in [0.3, 0.4) is 0 Å². The van der Waals surface area contributed by atoms with E-state index in [4.69, 9.17) is 17.3 Å². The van der Waals surface area contributed by atoms with E-state index >= 15 is 0 Å². The van der Waals surface area contributed by atoms with Gasteiger partial charge in [0, 0.05) is 28.4 Å². The highest BCUT2D eigenvalue weighted by Crippen LogP contribution is 2.33. The van der Waals surface area contributed by atoms with Gasteiger partial charge < -0.3 is 11.1 Å². The van der Waals surface area contributed by atoms with Crippen LogP contribution < -0.4 is 11.1 Å². The lowest BCUT2D eigenvalue weighted by atomic mass is 9.99. The van der Waals surface area contributed by atoms with Crippen LogP contribution in [0.15, 0.2) is 48.0 Å². The number of nitrogens with one attached hydrogen (secondary N) is 1. The molecule has 2 aromatic carbocycles. The number of anilines is 1. The van der Waals surface area contributed by atoms with Gasteiger partial charge in [-0.25, -0.2) is 4.98 Å². The van der Waals surface area contributed by atoms with E-state index in [1.165, 1.54) is 11.3 Å². The number of halogens is 1. The van der Waals surface area contributed by atoms with Crippen LogP contribution in [0.25, 0.3) is 10.6 Å². The first-order chi connectivity index (χ1) is 12.0. The highest BCUT2D eigenvalue weighted by molar-refractivity contribution is 7.13. The predicted octanol–water partition coefficient (Wildman–Crippen LogP) is 4.12. The first-order valence-corrected chi connectivity index (χ1v) is 8.64. The van der Waals surface area contributed by atoms with Gasteiger partial charge in [0.1, 0.15) is 5.01 Å². The standard InChI is InChI=1S/C18H14ClN3O2S/c1-10-14(22-17(24)11-4-2-3-5-13(11)19)7-6-12(16(20)23)15(10)18-21-8-9-25-18/h2-9H,1H3,(H2,20,23)(H,22,24). The number of amides is 2. The Morgan fingerprint density at radius 1 is 1.16 bits per heavy atom. The summed E-state index contributed by atoms with van der Waals surface area (Å²) in [5, 5.41) is 5.69. The third-order valence-electron chi connectivity index (χ3n) is 3.74. The van der Waals surface area contributed by atoms with Crippen LogP contribution in [0, 0.1) is 6.92 Å². The first kappa shape index (κ1) is 17.1. The molecule has 3 N–H and O–H groups in total. The fourth-order valence-electron chi connectivity index (χ4n) is 2.51. The zero-order chi connectivity index (χ0) is 18.0. The van der Waals surface area contributed by atoms with Crippen molar-refractivity contribution in [1.82, 2.24) is 4.98 Å². The maximum absolute atomic E-state index is 12.5. The molecule has 1 heterocycles. The van der Waals surface area contributed by atoms with Gasteiger partial charge in [-0.15, -0.1) is 11.3 Å². The molecule has 1 aromatic heterocycles. The van der Waals surface area contributed by atoms with Gasteiger partial charge in [0.2, 0.25) is 5.91 Å². The number of thiazole rings is 1. The van der Waals surface area contributed by atoms with Gasteiger partial charge in [0.25, 0.3) is 5.91 Å². The van der Waals surface area contributed by atoms with Crippen molar-refractivity contribution in [1.29, 1.82) is 0 Å². The van der Waals surface area contributed by atoms with E-state index in [9.17, 15) is 9.59 Å². The number of hydrogen-bond donors (Lipinski definition) is 2. The first-order valence-electron chi connectivity index (χ1n) is 7.38. The number of hydrogen-bond acceptors (Lipinski definition) is 4. The molecule has 0 aliphatic heterocycles. The molecule has 0 radical (unpaired) electrons. The molecule has 0 saturated heterocycles. The smallest absolute Gasteiger partial charge is 0.257 e. The fraction of sp³-hybridized carbons (Fsp3) is 0.0556. The van der Waals surface area contributed by atoms with Crippen LogP contribution in [-0.4, -0.2) is 16.8 Å². The van der Waals surface area contributed by atoms with Gasteiger partial charge >= 0.3 is 0 Å². The lowest BCUT2D eigenvalue weighted by molar-refractivity contribution is 0.0998. The van der Waals surface area contributed by atoms with Crippen molar-refractivity contribution in [2.45, 2.75) is 6.92 Å². The molecule has 0 aliphatic carbocycles. The minimum absolute atomic E-state index is 0.328. The van der Waals surface area contributed by atoms with E-state index < -0.39 is 5.91 Å². The summed E-state index contributed by atoms with van der Waals surface area (Å²) in [6.45, 7) is 1.81. The molecule has 0 bridgehead atoms. The summed E-state index contributed by atoms with van der Waals surface area (Å²) >= 11 is 7.47. The zero-order valence-electron chi connectivity index (χ0n) is 13.2. The number of aromatic nitrogens is 1. The Hall–Kier alpha value is -2.70. The number of primary amides is 1. The molecule has 0 atom stereocenters. The number of carbonyl (C=O) groups is 2. The largest absolute Gasteiger partial charge is 0.366 e. The molecule has 0 fully saturated rings. The number of rotatable bonds is 4. The lowest BCUT2D eigenvalue weighted by Crippen LogP contribution is -2.16. The summed E-state index contributed by atoms with van der Waals surface area (Å²) in [7, 11) is 0. The lowest BCUT2D eigenvalue weighted by Gasteiger charge is -2.14. The Balaban J connectivity index is 2.04. The van der Waals surface area contributed by atoms with Gasteiger partial charge in [0.15, 0.2) is 0 Å². The van der Waals surface area contributed by atoms with E-state index in [1.807, 2.05) is 12.3 Å². The normalized spacial score (nSPS) is 10.5. The zero-order valence-corrected chi connectivity index (χ0v) is 14.8. The van der Waals surface area contributed by atoms with Crippen LogP contribution in [-0.2, 0) is 0 Å². The summed E-state index contributed by atoms with van der Waals surface area (Å²) in [4.78, 5) is 28.5. The molecular formula is C18H14ClN3O2S. The highest BCUT2D eigenvalue weighted by Gasteiger charge is 2.19. The molecule has 2 amide bonds. The van der Waals surface area contributed by atoms with Crippen molar-refractivity contribution in [3.63, 3.8) is 0 Å². The van der Waals surface area contributed by atoms with Crippen LogP contribution in [0.5, 0.6) is 0 Å². The second kappa shape index (κ2) is 7.04. The average Bonchev–Trinajstić information content (AvgIpc) is 3.10. The Morgan fingerprint density at radius 3 is 2.56 bits per heavy atom. The third-order valence-corrected chi connectivity index (χ3v) is 4.86. The van der Waals surface area contributed by atoms with E-state index in [2.05, 4.69) is 10.3 Å². The topological polar surface area (TPSA) is 85.1 Å². The SMILES string of the molecule is Cc1c(NC(=O)c2ccccc2Cl)ccc(C(N)=O)c1-c1nccs1. The van der Waals surface area contributed by atoms with Crippen LogP contribution in [0.2, 0.25) is 5.02 Å². The number of carbonyl (C=O) groups excluding carboxylic acids is 2. The number of benzene rings is 2. The van der Waals surface area contributed by atoms with Crippen molar-refractivity contribution in [3.8, 4) is 10.6 Å². The second-order valence-electron chi connectivity index (χ2n) is 5.30. The minimum Gasteiger partial charge on any atom is -0.366 e. The van der Waals surface area contributed by atoms with Gasteiger partial charge in [-0.2, -0.15) is 0 Å². The summed E-state index contributed by atoms with van der Waals surface area (Å²) in [5.74, 6) is -0.872. The van der Waals surface area contributed by atoms with Gasteiger partial charge in [-0.1, -0.05) is 23.7 Å². The maximum atomic E-state index is 12.5. The highest BCUT2D eigenvalue weighted by atomic mass is 35.5. The predicted molar refractivity (Wildman–Crippen MR) is 100 cm³/mol. The van der Waals surface area contributed by atoms with Crippen LogP contribution in [0.1, 0.15) is 26.3 Å². The summed E-state index contributed by atoms with van der Waals surface area (Å²) in [6, 6.07) is 10.0. The Labute approximate surface area is 153 Å². The number of nitrogens with two attached hydrogens (primary N) is 1. The third kappa shape index (κ3) is 3.40. The summed E-state index contributed by atoms with van der Waals surface area (Å²) in [6.07, 6.45) is 1.65. The molecule has 3 rings (SSSR count). The maximum Gasteiger partial charge on any atom is 0.257 e. The van der Waals surface area contributed by atoms with Crippen LogP contribution in [0.4, 0.5) is 5.69 Å². The summed E-state index contributed by atoms with van der Waals surface area (Å²) in [5.41, 5.74) is 8.13. The van der Waals surface area contributed by atoms with Gasteiger partial charge in [-0.3, -0.25) is 9.59 Å². The molecule has 3 aromatic rings. The van der Waals surface area contributed by atoms with Crippen LogP contribution >= 0.6 is 22.9 Å². The molecule has 0 spiro atoms. The van der Waals surface area contributed by atoms with Crippen molar-refractivity contribution in [3.05, 3.63) is 69.7 Å². The molecule has 25 heavy (non-hydrogen) atoms. The summed E-state index contributed by atoms with van der Waals surface area (Å²) < 4.78 is 0. The molecule has 7 heteroatoms. The second-order valence-corrected chi connectivity index (χ2v) is 6.60. The van der Waals surface area contributed by atoms with E-state index in [-0.39, 0.29) is 5.91 Å². The molecule has 126 valence electrons. The van der Waals surface area contributed by atoms with E-state index in [1.54, 1.807) is 42.6 Å². The fourth-order valence-corrected chi connectivity index (χ4v) is 3.48. The monoisotopic (exact) mass is 371 g/mol. The Morgan fingerprint density at radius 2 is 1.92 bits per heavy atom. The Kier molecular flexibility index (Phi) is 4.83. The molecular weight excluding hydrogens is 358 g/mol. The molecule has 5 nitrogen and oxygen atoms in total. The molecule has 0 saturated carbocycles. The number of nitrogens with zero attached hydrogens (tertiary/aromatic N) is 1. The van der Waals surface area contributed by atoms with Crippen molar-refractivity contribution < 1.29 is 9.59 Å².